The van der Waals surface area contributed by atoms with Crippen molar-refractivity contribution in [1.82, 2.24) is 15.6 Å². The number of hydrogen-bond acceptors (Lipinski definition) is 5. The minimum Gasteiger partial charge on any atom is -0.510 e. The topological polar surface area (TPSA) is 83.5 Å². The average Bonchev–Trinajstić information content (AvgIpc) is 2.98. The second-order valence-electron chi connectivity index (χ2n) is 5.17. The van der Waals surface area contributed by atoms with Crippen LogP contribution in [0.2, 0.25) is 5.15 Å². The van der Waals surface area contributed by atoms with Crippen LogP contribution in [0.1, 0.15) is 30.0 Å². The van der Waals surface area contributed by atoms with Gasteiger partial charge in [0.2, 0.25) is 11.8 Å². The summed E-state index contributed by atoms with van der Waals surface area (Å²) in [6.07, 6.45) is 3.00. The fourth-order valence-electron chi connectivity index (χ4n) is 2.77. The van der Waals surface area contributed by atoms with Crippen molar-refractivity contribution >= 4 is 23.6 Å². The van der Waals surface area contributed by atoms with Crippen LogP contribution in [0.5, 0.6) is 5.88 Å². The monoisotopic (exact) mass is 309 g/mol. The van der Waals surface area contributed by atoms with Crippen molar-refractivity contribution in [2.24, 2.45) is 0 Å². The first-order chi connectivity index (χ1) is 10.1. The predicted molar refractivity (Wildman–Crippen MR) is 78.3 cm³/mol. The molecular formula is C14H16ClN3O3. The maximum absolute atomic E-state index is 11.2. The van der Waals surface area contributed by atoms with Gasteiger partial charge >= 0.3 is 0 Å². The molecule has 1 aliphatic carbocycles. The number of methoxy groups -OCH3 is 1. The normalized spacial score (nSPS) is 23.7. The lowest BCUT2D eigenvalue weighted by Gasteiger charge is -2.19. The van der Waals surface area contributed by atoms with E-state index in [9.17, 15) is 9.90 Å². The van der Waals surface area contributed by atoms with E-state index in [4.69, 9.17) is 16.3 Å². The molecule has 6 nitrogen and oxygen atoms in total. The Hall–Kier alpha value is -1.79. The number of halogens is 1. The van der Waals surface area contributed by atoms with Gasteiger partial charge in [0.05, 0.1) is 13.2 Å². The third-order valence-electron chi connectivity index (χ3n) is 3.76. The molecule has 2 atom stereocenters. The van der Waals surface area contributed by atoms with Gasteiger partial charge in [-0.05, 0) is 24.1 Å². The third-order valence-corrected chi connectivity index (χ3v) is 3.95. The molecule has 112 valence electrons. The minimum absolute atomic E-state index is 0.0689. The summed E-state index contributed by atoms with van der Waals surface area (Å²) in [5.41, 5.74) is 1.56. The maximum atomic E-state index is 11.2. The molecule has 2 aliphatic rings. The summed E-state index contributed by atoms with van der Waals surface area (Å²) in [4.78, 5) is 15.3. The Labute approximate surface area is 127 Å². The number of aromatic nitrogens is 1. The molecule has 0 saturated carbocycles. The summed E-state index contributed by atoms with van der Waals surface area (Å²) in [5.74, 6) is 0.655. The van der Waals surface area contributed by atoms with E-state index in [1.807, 2.05) is 0 Å². The van der Waals surface area contributed by atoms with Gasteiger partial charge in [0, 0.05) is 24.6 Å². The first-order valence-electron chi connectivity index (χ1n) is 6.76. The largest absolute Gasteiger partial charge is 0.510 e. The van der Waals surface area contributed by atoms with E-state index in [1.54, 1.807) is 12.1 Å². The number of aliphatic hydroxyl groups excluding tert-OH is 1. The van der Waals surface area contributed by atoms with Crippen molar-refractivity contribution in [2.45, 2.75) is 24.9 Å². The molecule has 21 heavy (non-hydrogen) atoms. The predicted octanol–water partition coefficient (Wildman–Crippen LogP) is 1.57. The average molecular weight is 310 g/mol. The van der Waals surface area contributed by atoms with E-state index < -0.39 is 6.04 Å². The molecule has 1 fully saturated rings. The number of ether oxygens (including phenoxy) is 1. The standard InChI is InChI=1S/C14H16ClN3O3/c1-21-14-12-7(5-10(15)18-14)4-9(19)13(12)16-6-8-2-3-11(20)17-8/h4-5,8,13,16,19H,2-3,6H2,1H3,(H,17,20)/t8-,13?/m0/s1. The molecule has 1 aromatic rings. The fraction of sp³-hybridized carbons (Fsp3) is 0.429. The first-order valence-corrected chi connectivity index (χ1v) is 7.14. The number of aliphatic hydroxyl groups is 1. The van der Waals surface area contributed by atoms with Crippen molar-refractivity contribution in [2.75, 3.05) is 13.7 Å². The molecule has 2 heterocycles. The zero-order valence-corrected chi connectivity index (χ0v) is 12.3. The Morgan fingerprint density at radius 1 is 1.62 bits per heavy atom. The molecule has 1 amide bonds. The van der Waals surface area contributed by atoms with Gasteiger partial charge < -0.3 is 20.5 Å². The van der Waals surface area contributed by atoms with Crippen LogP contribution in [0.3, 0.4) is 0 Å². The molecule has 1 unspecified atom stereocenters. The third kappa shape index (κ3) is 2.69. The lowest BCUT2D eigenvalue weighted by molar-refractivity contribution is -0.119. The van der Waals surface area contributed by atoms with Crippen molar-refractivity contribution in [3.63, 3.8) is 0 Å². The number of rotatable bonds is 4. The van der Waals surface area contributed by atoms with Crippen LogP contribution in [0.4, 0.5) is 0 Å². The van der Waals surface area contributed by atoms with Crippen LogP contribution in [-0.4, -0.2) is 35.7 Å². The second-order valence-corrected chi connectivity index (χ2v) is 5.56. The molecule has 3 rings (SSSR count). The van der Waals surface area contributed by atoms with Crippen LogP contribution in [0.25, 0.3) is 6.08 Å². The van der Waals surface area contributed by atoms with Crippen LogP contribution < -0.4 is 15.4 Å². The van der Waals surface area contributed by atoms with Crippen LogP contribution in [0.15, 0.2) is 11.8 Å². The highest BCUT2D eigenvalue weighted by Gasteiger charge is 2.31. The summed E-state index contributed by atoms with van der Waals surface area (Å²) in [7, 11) is 1.52. The van der Waals surface area contributed by atoms with Gasteiger partial charge in [-0.3, -0.25) is 4.79 Å². The Morgan fingerprint density at radius 2 is 2.43 bits per heavy atom. The molecule has 7 heteroatoms. The van der Waals surface area contributed by atoms with E-state index in [1.165, 1.54) is 7.11 Å². The van der Waals surface area contributed by atoms with Gasteiger partial charge in [0.25, 0.3) is 0 Å². The first kappa shape index (κ1) is 14.2. The summed E-state index contributed by atoms with van der Waals surface area (Å²) in [6.45, 7) is 0.569. The summed E-state index contributed by atoms with van der Waals surface area (Å²) >= 11 is 5.93. The lowest BCUT2D eigenvalue weighted by atomic mass is 10.1. The van der Waals surface area contributed by atoms with Crippen LogP contribution >= 0.6 is 11.6 Å². The van der Waals surface area contributed by atoms with Crippen molar-refractivity contribution in [3.05, 3.63) is 28.1 Å². The molecule has 3 N–H and O–H groups in total. The Balaban J connectivity index is 1.79. The number of amides is 1. The number of nitrogens with zero attached hydrogens (tertiary/aromatic N) is 1. The summed E-state index contributed by atoms with van der Waals surface area (Å²) in [6, 6.07) is 1.38. The Bertz CT molecular complexity index is 618. The number of nitrogens with one attached hydrogen (secondary N) is 2. The molecule has 1 aromatic heterocycles. The fourth-order valence-corrected chi connectivity index (χ4v) is 2.97. The minimum atomic E-state index is -0.391. The van der Waals surface area contributed by atoms with Crippen molar-refractivity contribution in [1.29, 1.82) is 0 Å². The second kappa shape index (κ2) is 5.54. The molecule has 1 aliphatic heterocycles. The quantitative estimate of drug-likeness (QED) is 0.735. The summed E-state index contributed by atoms with van der Waals surface area (Å²) < 4.78 is 5.26. The van der Waals surface area contributed by atoms with Crippen molar-refractivity contribution < 1.29 is 14.6 Å². The van der Waals surface area contributed by atoms with E-state index in [0.29, 0.717) is 24.0 Å². The Morgan fingerprint density at radius 3 is 3.10 bits per heavy atom. The number of carbonyl (C=O) groups excluding carboxylic acids is 1. The highest BCUT2D eigenvalue weighted by Crippen LogP contribution is 2.39. The smallest absolute Gasteiger partial charge is 0.220 e. The van der Waals surface area contributed by atoms with Crippen LogP contribution in [0, 0.1) is 0 Å². The zero-order valence-electron chi connectivity index (χ0n) is 11.5. The van der Waals surface area contributed by atoms with Gasteiger partial charge in [-0.25, -0.2) is 4.98 Å². The van der Waals surface area contributed by atoms with Gasteiger partial charge in [-0.2, -0.15) is 0 Å². The van der Waals surface area contributed by atoms with Gasteiger partial charge in [0.1, 0.15) is 10.9 Å². The lowest BCUT2D eigenvalue weighted by Crippen LogP contribution is -2.37. The van der Waals surface area contributed by atoms with Gasteiger partial charge in [-0.1, -0.05) is 11.6 Å². The molecule has 0 spiro atoms. The van der Waals surface area contributed by atoms with E-state index >= 15 is 0 Å². The number of fused-ring (bicyclic) bond motifs is 1. The van der Waals surface area contributed by atoms with E-state index in [2.05, 4.69) is 15.6 Å². The van der Waals surface area contributed by atoms with Crippen LogP contribution in [-0.2, 0) is 4.79 Å². The van der Waals surface area contributed by atoms with E-state index in [0.717, 1.165) is 17.5 Å². The molecule has 0 bridgehead atoms. The maximum Gasteiger partial charge on any atom is 0.220 e. The molecule has 1 saturated heterocycles. The Kier molecular flexibility index (Phi) is 3.73. The molecular weight excluding hydrogens is 294 g/mol. The number of hydrogen-bond donors (Lipinski definition) is 3. The van der Waals surface area contributed by atoms with Gasteiger partial charge in [0.15, 0.2) is 0 Å². The highest BCUT2D eigenvalue weighted by molar-refractivity contribution is 6.29. The van der Waals surface area contributed by atoms with E-state index in [-0.39, 0.29) is 17.7 Å². The zero-order chi connectivity index (χ0) is 15.0. The van der Waals surface area contributed by atoms with Crippen molar-refractivity contribution in [3.8, 4) is 5.88 Å². The molecule has 0 radical (unpaired) electrons. The summed E-state index contributed by atoms with van der Waals surface area (Å²) in [5, 5.41) is 16.6. The highest BCUT2D eigenvalue weighted by atomic mass is 35.5. The SMILES string of the molecule is COc1nc(Cl)cc2c1C(NC[C@@H]1CCC(=O)N1)C(O)=C2. The molecule has 0 aromatic carbocycles. The van der Waals surface area contributed by atoms with Gasteiger partial charge in [-0.15, -0.1) is 0 Å². The number of carbonyl (C=O) groups is 1. The number of pyridine rings is 1.